The lowest BCUT2D eigenvalue weighted by atomic mass is 10.1. The van der Waals surface area contributed by atoms with Crippen molar-refractivity contribution in [2.75, 3.05) is 5.73 Å². The van der Waals surface area contributed by atoms with Gasteiger partial charge in [0.2, 0.25) is 5.91 Å². The molecule has 82 valence electrons. The Bertz CT molecular complexity index is 545. The van der Waals surface area contributed by atoms with Crippen molar-refractivity contribution in [1.82, 2.24) is 9.78 Å². The average Bonchev–Trinajstić information content (AvgIpc) is 2.64. The largest absolute Gasteiger partial charge is 0.397 e. The predicted molar refractivity (Wildman–Crippen MR) is 61.2 cm³/mol. The van der Waals surface area contributed by atoms with Gasteiger partial charge in [-0.05, 0) is 31.2 Å². The van der Waals surface area contributed by atoms with Crippen LogP contribution in [0.3, 0.4) is 0 Å². The highest BCUT2D eigenvalue weighted by Gasteiger charge is 2.06. The van der Waals surface area contributed by atoms with Gasteiger partial charge in [0, 0.05) is 11.8 Å². The topological polar surface area (TPSA) is 86.9 Å². The van der Waals surface area contributed by atoms with Crippen LogP contribution in [-0.4, -0.2) is 15.7 Å². The standard InChI is InChI=1S/C11H12N4O/c1-7-4-5-15(14-7)10-3-2-8(11(13)16)6-9(10)12/h2-6H,12H2,1H3,(H2,13,16). The van der Waals surface area contributed by atoms with Gasteiger partial charge in [-0.2, -0.15) is 5.10 Å². The second-order valence-corrected chi connectivity index (χ2v) is 3.54. The summed E-state index contributed by atoms with van der Waals surface area (Å²) in [5.41, 5.74) is 13.5. The van der Waals surface area contributed by atoms with E-state index in [1.807, 2.05) is 19.2 Å². The molecular weight excluding hydrogens is 204 g/mol. The maximum atomic E-state index is 10.9. The summed E-state index contributed by atoms with van der Waals surface area (Å²) < 4.78 is 1.66. The third-order valence-corrected chi connectivity index (χ3v) is 2.28. The van der Waals surface area contributed by atoms with E-state index >= 15 is 0 Å². The number of rotatable bonds is 2. The highest BCUT2D eigenvalue weighted by molar-refractivity contribution is 5.94. The minimum atomic E-state index is -0.491. The fourth-order valence-electron chi connectivity index (χ4n) is 1.47. The van der Waals surface area contributed by atoms with Crippen LogP contribution in [0.2, 0.25) is 0 Å². The summed E-state index contributed by atoms with van der Waals surface area (Å²) in [5.74, 6) is -0.491. The molecule has 2 rings (SSSR count). The van der Waals surface area contributed by atoms with Gasteiger partial charge in [0.25, 0.3) is 0 Å². The van der Waals surface area contributed by atoms with E-state index in [0.29, 0.717) is 11.3 Å². The van der Waals surface area contributed by atoms with Gasteiger partial charge >= 0.3 is 0 Å². The highest BCUT2D eigenvalue weighted by atomic mass is 16.1. The number of carbonyl (C=O) groups is 1. The summed E-state index contributed by atoms with van der Waals surface area (Å²) in [6.07, 6.45) is 1.81. The zero-order valence-corrected chi connectivity index (χ0v) is 8.84. The fourth-order valence-corrected chi connectivity index (χ4v) is 1.47. The molecule has 4 N–H and O–H groups in total. The minimum Gasteiger partial charge on any atom is -0.397 e. The zero-order valence-electron chi connectivity index (χ0n) is 8.84. The molecule has 0 bridgehead atoms. The Morgan fingerprint density at radius 2 is 2.12 bits per heavy atom. The van der Waals surface area contributed by atoms with Crippen LogP contribution in [0.4, 0.5) is 5.69 Å². The molecular formula is C11H12N4O. The van der Waals surface area contributed by atoms with Gasteiger partial charge in [0.15, 0.2) is 0 Å². The number of primary amides is 1. The van der Waals surface area contributed by atoms with Crippen molar-refractivity contribution in [1.29, 1.82) is 0 Å². The maximum absolute atomic E-state index is 10.9. The van der Waals surface area contributed by atoms with Crippen LogP contribution in [0.1, 0.15) is 16.1 Å². The average molecular weight is 216 g/mol. The van der Waals surface area contributed by atoms with E-state index in [4.69, 9.17) is 11.5 Å². The normalized spacial score (nSPS) is 10.3. The molecule has 1 amide bonds. The third kappa shape index (κ3) is 1.75. The molecule has 0 aliphatic heterocycles. The predicted octanol–water partition coefficient (Wildman–Crippen LogP) is 0.862. The van der Waals surface area contributed by atoms with Crippen LogP contribution in [-0.2, 0) is 0 Å². The maximum Gasteiger partial charge on any atom is 0.248 e. The Morgan fingerprint density at radius 1 is 1.38 bits per heavy atom. The van der Waals surface area contributed by atoms with E-state index in [0.717, 1.165) is 11.4 Å². The number of amides is 1. The van der Waals surface area contributed by atoms with Gasteiger partial charge in [-0.25, -0.2) is 4.68 Å². The van der Waals surface area contributed by atoms with Crippen molar-refractivity contribution in [2.24, 2.45) is 5.73 Å². The molecule has 0 unspecified atom stereocenters. The Hall–Kier alpha value is -2.30. The molecule has 0 saturated carbocycles. The molecule has 16 heavy (non-hydrogen) atoms. The van der Waals surface area contributed by atoms with Crippen molar-refractivity contribution < 1.29 is 4.79 Å². The molecule has 0 radical (unpaired) electrons. The van der Waals surface area contributed by atoms with Crippen molar-refractivity contribution >= 4 is 11.6 Å². The zero-order chi connectivity index (χ0) is 11.7. The molecule has 1 aromatic carbocycles. The number of benzene rings is 1. The number of anilines is 1. The molecule has 1 aromatic heterocycles. The first-order valence-electron chi connectivity index (χ1n) is 4.80. The molecule has 2 aromatic rings. The minimum absolute atomic E-state index is 0.394. The van der Waals surface area contributed by atoms with Gasteiger partial charge < -0.3 is 11.5 Å². The second-order valence-electron chi connectivity index (χ2n) is 3.54. The van der Waals surface area contributed by atoms with Gasteiger partial charge in [0.1, 0.15) is 0 Å². The molecule has 0 saturated heterocycles. The van der Waals surface area contributed by atoms with E-state index in [-0.39, 0.29) is 0 Å². The van der Waals surface area contributed by atoms with Crippen molar-refractivity contribution in [3.8, 4) is 5.69 Å². The number of carbonyl (C=O) groups excluding carboxylic acids is 1. The fraction of sp³-hybridized carbons (Fsp3) is 0.0909. The quantitative estimate of drug-likeness (QED) is 0.730. The summed E-state index contributed by atoms with van der Waals surface area (Å²) in [6, 6.07) is 6.78. The van der Waals surface area contributed by atoms with Gasteiger partial charge in [0.05, 0.1) is 17.1 Å². The van der Waals surface area contributed by atoms with E-state index < -0.39 is 5.91 Å². The summed E-state index contributed by atoms with van der Waals surface area (Å²) in [6.45, 7) is 1.89. The summed E-state index contributed by atoms with van der Waals surface area (Å²) in [5, 5.41) is 4.24. The third-order valence-electron chi connectivity index (χ3n) is 2.28. The lowest BCUT2D eigenvalue weighted by Crippen LogP contribution is -2.12. The SMILES string of the molecule is Cc1ccn(-c2ccc(C(N)=O)cc2N)n1. The number of hydrogen-bond donors (Lipinski definition) is 2. The van der Waals surface area contributed by atoms with Crippen molar-refractivity contribution in [2.45, 2.75) is 6.92 Å². The number of hydrogen-bond acceptors (Lipinski definition) is 3. The Labute approximate surface area is 92.7 Å². The Morgan fingerprint density at radius 3 is 2.62 bits per heavy atom. The van der Waals surface area contributed by atoms with Crippen LogP contribution >= 0.6 is 0 Å². The summed E-state index contributed by atoms with van der Waals surface area (Å²) in [4.78, 5) is 10.9. The molecule has 5 nitrogen and oxygen atoms in total. The Balaban J connectivity index is 2.47. The van der Waals surface area contributed by atoms with Crippen LogP contribution < -0.4 is 11.5 Å². The summed E-state index contributed by atoms with van der Waals surface area (Å²) >= 11 is 0. The molecule has 1 heterocycles. The molecule has 5 heteroatoms. The molecule has 0 fully saturated rings. The summed E-state index contributed by atoms with van der Waals surface area (Å²) in [7, 11) is 0. The second kappa shape index (κ2) is 3.69. The monoisotopic (exact) mass is 216 g/mol. The highest BCUT2D eigenvalue weighted by Crippen LogP contribution is 2.18. The van der Waals surface area contributed by atoms with Gasteiger partial charge in [-0.3, -0.25) is 4.79 Å². The smallest absolute Gasteiger partial charge is 0.248 e. The number of aryl methyl sites for hydroxylation is 1. The molecule has 0 atom stereocenters. The first kappa shape index (κ1) is 10.2. The number of nitrogen functional groups attached to an aromatic ring is 1. The lowest BCUT2D eigenvalue weighted by Gasteiger charge is -2.06. The van der Waals surface area contributed by atoms with Crippen LogP contribution in [0.25, 0.3) is 5.69 Å². The first-order chi connectivity index (χ1) is 7.58. The van der Waals surface area contributed by atoms with Gasteiger partial charge in [-0.15, -0.1) is 0 Å². The number of nitrogens with two attached hydrogens (primary N) is 2. The van der Waals surface area contributed by atoms with Crippen molar-refractivity contribution in [3.63, 3.8) is 0 Å². The molecule has 0 aliphatic carbocycles. The van der Waals surface area contributed by atoms with E-state index in [1.165, 1.54) is 0 Å². The van der Waals surface area contributed by atoms with Crippen LogP contribution in [0, 0.1) is 6.92 Å². The molecule has 0 spiro atoms. The van der Waals surface area contributed by atoms with E-state index in [9.17, 15) is 4.79 Å². The van der Waals surface area contributed by atoms with Crippen LogP contribution in [0.15, 0.2) is 30.5 Å². The molecule has 0 aliphatic rings. The Kier molecular flexibility index (Phi) is 2.36. The van der Waals surface area contributed by atoms with Gasteiger partial charge in [-0.1, -0.05) is 0 Å². The van der Waals surface area contributed by atoms with E-state index in [1.54, 1.807) is 22.9 Å². The lowest BCUT2D eigenvalue weighted by molar-refractivity contribution is 0.100. The number of aromatic nitrogens is 2. The van der Waals surface area contributed by atoms with Crippen molar-refractivity contribution in [3.05, 3.63) is 41.7 Å². The first-order valence-corrected chi connectivity index (χ1v) is 4.80. The van der Waals surface area contributed by atoms with Crippen LogP contribution in [0.5, 0.6) is 0 Å². The number of nitrogens with zero attached hydrogens (tertiary/aromatic N) is 2. The van der Waals surface area contributed by atoms with E-state index in [2.05, 4.69) is 5.10 Å².